The molecule has 0 spiro atoms. The molecule has 1 aliphatic heterocycles. The minimum atomic E-state index is -0.512. The molecule has 0 unspecified atom stereocenters. The molecule has 0 aliphatic carbocycles. The number of aryl methyl sites for hydroxylation is 2. The van der Waals surface area contributed by atoms with E-state index in [2.05, 4.69) is 10.1 Å². The van der Waals surface area contributed by atoms with E-state index in [4.69, 9.17) is 21.3 Å². The zero-order valence-electron chi connectivity index (χ0n) is 18.5. The first kappa shape index (κ1) is 21.7. The first-order chi connectivity index (χ1) is 15.8. The maximum Gasteiger partial charge on any atom is 0.261 e. The Hall–Kier alpha value is -3.10. The molecule has 1 aromatic carbocycles. The van der Waals surface area contributed by atoms with Crippen molar-refractivity contribution in [2.24, 2.45) is 7.05 Å². The van der Waals surface area contributed by atoms with Gasteiger partial charge in [0.15, 0.2) is 5.65 Å². The molecule has 0 radical (unpaired) electrons. The Morgan fingerprint density at radius 1 is 1.21 bits per heavy atom. The molecule has 4 aromatic rings. The lowest BCUT2D eigenvalue weighted by atomic mass is 9.90. The van der Waals surface area contributed by atoms with Gasteiger partial charge in [-0.15, -0.1) is 0 Å². The normalized spacial score (nSPS) is 18.7. The highest BCUT2D eigenvalue weighted by Crippen LogP contribution is 2.38. The number of fused-ring (bicyclic) bond motifs is 1. The van der Waals surface area contributed by atoms with Crippen LogP contribution in [0.3, 0.4) is 0 Å². The topological polar surface area (TPSA) is 74.3 Å². The minimum Gasteiger partial charge on any atom is -0.373 e. The lowest BCUT2D eigenvalue weighted by molar-refractivity contribution is 0.00455. The monoisotopic (exact) mass is 467 g/mol. The van der Waals surface area contributed by atoms with Gasteiger partial charge in [-0.2, -0.15) is 5.10 Å². The third kappa shape index (κ3) is 3.94. The summed E-state index contributed by atoms with van der Waals surface area (Å²) in [5.74, 6) is -0.488. The summed E-state index contributed by atoms with van der Waals surface area (Å²) < 4.78 is 24.2. The molecule has 3 aromatic heterocycles. The smallest absolute Gasteiger partial charge is 0.261 e. The number of benzene rings is 1. The summed E-state index contributed by atoms with van der Waals surface area (Å²) in [6.07, 6.45) is 6.78. The molecule has 0 amide bonds. The summed E-state index contributed by atoms with van der Waals surface area (Å²) in [5, 5.41) is 4.53. The molecule has 1 aliphatic rings. The Morgan fingerprint density at radius 2 is 2.03 bits per heavy atom. The van der Waals surface area contributed by atoms with Crippen LogP contribution in [0.5, 0.6) is 0 Å². The molecular formula is C24H23ClFN5O2. The molecule has 170 valence electrons. The zero-order chi connectivity index (χ0) is 23.3. The highest BCUT2D eigenvalue weighted by molar-refractivity contribution is 6.30. The number of halogens is 2. The zero-order valence-corrected chi connectivity index (χ0v) is 19.3. The van der Waals surface area contributed by atoms with E-state index in [1.165, 1.54) is 10.5 Å². The SMILES string of the molecule is Cc1nc2c(-c3ccc(Cl)cc3F)nc([C@H]3CCO[C@@H](c4cnn(C)c4)C3)cn2c(=O)c1C. The lowest BCUT2D eigenvalue weighted by Crippen LogP contribution is -2.24. The van der Waals surface area contributed by atoms with Crippen LogP contribution in [0.15, 0.2) is 41.6 Å². The lowest BCUT2D eigenvalue weighted by Gasteiger charge is -2.29. The number of rotatable bonds is 3. The Labute approximate surface area is 194 Å². The van der Waals surface area contributed by atoms with Gasteiger partial charge in [-0.1, -0.05) is 11.6 Å². The quantitative estimate of drug-likeness (QED) is 0.442. The van der Waals surface area contributed by atoms with Crippen molar-refractivity contribution in [1.29, 1.82) is 0 Å². The third-order valence-corrected chi connectivity index (χ3v) is 6.52. The van der Waals surface area contributed by atoms with Crippen molar-refractivity contribution in [2.75, 3.05) is 6.61 Å². The van der Waals surface area contributed by atoms with Gasteiger partial charge in [0.2, 0.25) is 0 Å². The predicted octanol–water partition coefficient (Wildman–Crippen LogP) is 4.53. The highest BCUT2D eigenvalue weighted by atomic mass is 35.5. The van der Waals surface area contributed by atoms with Gasteiger partial charge in [0.25, 0.3) is 5.56 Å². The van der Waals surface area contributed by atoms with Crippen molar-refractivity contribution in [3.8, 4) is 11.3 Å². The van der Waals surface area contributed by atoms with Gasteiger partial charge in [-0.25, -0.2) is 14.4 Å². The van der Waals surface area contributed by atoms with Crippen LogP contribution in [0.1, 0.15) is 47.4 Å². The summed E-state index contributed by atoms with van der Waals surface area (Å²) >= 11 is 5.97. The van der Waals surface area contributed by atoms with Crippen LogP contribution in [-0.4, -0.2) is 30.8 Å². The van der Waals surface area contributed by atoms with Gasteiger partial charge in [-0.05, 0) is 44.9 Å². The first-order valence-corrected chi connectivity index (χ1v) is 11.2. The molecule has 7 nitrogen and oxygen atoms in total. The van der Waals surface area contributed by atoms with Gasteiger partial charge >= 0.3 is 0 Å². The maximum atomic E-state index is 14.9. The molecular weight excluding hydrogens is 445 g/mol. The number of ether oxygens (including phenoxy) is 1. The van der Waals surface area contributed by atoms with Gasteiger partial charge in [0, 0.05) is 59.4 Å². The fraction of sp³-hybridized carbons (Fsp3) is 0.333. The van der Waals surface area contributed by atoms with Gasteiger partial charge < -0.3 is 4.74 Å². The van der Waals surface area contributed by atoms with E-state index in [0.717, 1.165) is 12.0 Å². The van der Waals surface area contributed by atoms with Crippen LogP contribution in [-0.2, 0) is 11.8 Å². The van der Waals surface area contributed by atoms with E-state index < -0.39 is 5.82 Å². The molecule has 4 heterocycles. The van der Waals surface area contributed by atoms with E-state index >= 15 is 0 Å². The number of hydrogen-bond donors (Lipinski definition) is 0. The van der Waals surface area contributed by atoms with E-state index in [0.29, 0.717) is 41.3 Å². The van der Waals surface area contributed by atoms with Crippen LogP contribution in [0.4, 0.5) is 4.39 Å². The average molecular weight is 468 g/mol. The molecule has 0 N–H and O–H groups in total. The number of hydrogen-bond acceptors (Lipinski definition) is 5. The van der Waals surface area contributed by atoms with Crippen LogP contribution < -0.4 is 5.56 Å². The largest absolute Gasteiger partial charge is 0.373 e. The molecule has 5 rings (SSSR count). The molecule has 0 bridgehead atoms. The Morgan fingerprint density at radius 3 is 2.76 bits per heavy atom. The van der Waals surface area contributed by atoms with Gasteiger partial charge in [-0.3, -0.25) is 13.9 Å². The van der Waals surface area contributed by atoms with Crippen molar-refractivity contribution in [1.82, 2.24) is 24.1 Å². The van der Waals surface area contributed by atoms with Crippen molar-refractivity contribution in [2.45, 2.75) is 38.7 Å². The second-order valence-electron chi connectivity index (χ2n) is 8.49. The maximum absolute atomic E-state index is 14.9. The van der Waals surface area contributed by atoms with E-state index in [9.17, 15) is 9.18 Å². The number of aromatic nitrogens is 5. The Kier molecular flexibility index (Phi) is 5.50. The average Bonchev–Trinajstić information content (AvgIpc) is 3.24. The fourth-order valence-electron chi connectivity index (χ4n) is 4.32. The summed E-state index contributed by atoms with van der Waals surface area (Å²) in [7, 11) is 1.87. The van der Waals surface area contributed by atoms with Crippen molar-refractivity contribution < 1.29 is 9.13 Å². The summed E-state index contributed by atoms with van der Waals surface area (Å²) in [6.45, 7) is 4.06. The molecule has 1 fully saturated rings. The number of nitrogens with zero attached hydrogens (tertiary/aromatic N) is 5. The third-order valence-electron chi connectivity index (χ3n) is 6.28. The minimum absolute atomic E-state index is 0.0241. The van der Waals surface area contributed by atoms with Crippen molar-refractivity contribution in [3.05, 3.63) is 80.5 Å². The predicted molar refractivity (Wildman–Crippen MR) is 123 cm³/mol. The van der Waals surface area contributed by atoms with Crippen LogP contribution in [0.2, 0.25) is 5.02 Å². The van der Waals surface area contributed by atoms with Crippen LogP contribution >= 0.6 is 11.6 Å². The van der Waals surface area contributed by atoms with Crippen LogP contribution in [0, 0.1) is 19.7 Å². The molecule has 2 atom stereocenters. The Bertz CT molecular complexity index is 1430. The van der Waals surface area contributed by atoms with E-state index in [1.54, 1.807) is 43.1 Å². The summed E-state index contributed by atoms with van der Waals surface area (Å²) in [5.41, 5.74) is 3.56. The van der Waals surface area contributed by atoms with Crippen LogP contribution in [0.25, 0.3) is 16.9 Å². The van der Waals surface area contributed by atoms with E-state index in [-0.39, 0.29) is 28.2 Å². The molecule has 0 saturated carbocycles. The van der Waals surface area contributed by atoms with E-state index in [1.807, 2.05) is 13.2 Å². The van der Waals surface area contributed by atoms with Crippen molar-refractivity contribution in [3.63, 3.8) is 0 Å². The standard InChI is InChI=1S/C24H23ClFN5O2/c1-13-14(2)28-23-22(18-5-4-17(25)9-19(18)26)29-20(12-31(23)24(13)32)15-6-7-33-21(8-15)16-10-27-30(3)11-16/h4-5,9-12,15,21H,6-8H2,1-3H3/t15-,21+/m0/s1. The van der Waals surface area contributed by atoms with Gasteiger partial charge in [0.1, 0.15) is 11.5 Å². The Balaban J connectivity index is 1.67. The molecule has 1 saturated heterocycles. The summed E-state index contributed by atoms with van der Waals surface area (Å²) in [4.78, 5) is 22.6. The molecule has 9 heteroatoms. The first-order valence-electron chi connectivity index (χ1n) is 10.8. The second-order valence-corrected chi connectivity index (χ2v) is 8.92. The fourth-order valence-corrected chi connectivity index (χ4v) is 4.48. The summed E-state index contributed by atoms with van der Waals surface area (Å²) in [6, 6.07) is 4.43. The van der Waals surface area contributed by atoms with Crippen molar-refractivity contribution >= 4 is 17.2 Å². The molecule has 33 heavy (non-hydrogen) atoms. The second kappa shape index (κ2) is 8.35. The highest BCUT2D eigenvalue weighted by Gasteiger charge is 2.28. The van der Waals surface area contributed by atoms with Gasteiger partial charge in [0.05, 0.1) is 18.0 Å².